The summed E-state index contributed by atoms with van der Waals surface area (Å²) < 4.78 is 0. The zero-order valence-corrected chi connectivity index (χ0v) is 12.8. The molecule has 5 nitrogen and oxygen atoms in total. The van der Waals surface area contributed by atoms with Crippen LogP contribution in [-0.4, -0.2) is 47.3 Å². The molecule has 0 radical (unpaired) electrons. The standard InChI is InChI=1S/C17H23N3O2/c18-16(21)14-8-10-20(12-14)17(22)15-7-4-9-19(15)11-13-5-2-1-3-6-13/h1-3,5-6,14-15H,4,7-12H2,(H2,18,21)/t14-,15-/m1/s1. The average Bonchev–Trinajstić information content (AvgIpc) is 3.17. The van der Waals surface area contributed by atoms with Gasteiger partial charge in [-0.2, -0.15) is 0 Å². The summed E-state index contributed by atoms with van der Waals surface area (Å²) >= 11 is 0. The van der Waals surface area contributed by atoms with E-state index in [1.54, 1.807) is 0 Å². The molecule has 0 aromatic heterocycles. The summed E-state index contributed by atoms with van der Waals surface area (Å²) in [4.78, 5) is 28.1. The molecule has 0 saturated carbocycles. The molecule has 2 aliphatic heterocycles. The first-order chi connectivity index (χ1) is 10.6. The van der Waals surface area contributed by atoms with Gasteiger partial charge in [-0.3, -0.25) is 14.5 Å². The van der Waals surface area contributed by atoms with Crippen LogP contribution in [0, 0.1) is 5.92 Å². The van der Waals surface area contributed by atoms with E-state index < -0.39 is 0 Å². The molecule has 2 fully saturated rings. The van der Waals surface area contributed by atoms with Gasteiger partial charge in [-0.05, 0) is 31.4 Å². The Labute approximate surface area is 131 Å². The molecule has 1 aromatic rings. The minimum absolute atomic E-state index is 0.0492. The summed E-state index contributed by atoms with van der Waals surface area (Å²) in [6.07, 6.45) is 2.66. The van der Waals surface area contributed by atoms with Gasteiger partial charge in [0.25, 0.3) is 0 Å². The normalized spacial score (nSPS) is 25.5. The zero-order valence-electron chi connectivity index (χ0n) is 12.8. The van der Waals surface area contributed by atoms with Crippen LogP contribution in [0.5, 0.6) is 0 Å². The largest absolute Gasteiger partial charge is 0.369 e. The molecular formula is C17H23N3O2. The van der Waals surface area contributed by atoms with E-state index in [2.05, 4.69) is 17.0 Å². The van der Waals surface area contributed by atoms with Crippen molar-refractivity contribution in [2.45, 2.75) is 31.8 Å². The minimum atomic E-state index is -0.289. The Morgan fingerprint density at radius 2 is 1.91 bits per heavy atom. The Kier molecular flexibility index (Phi) is 4.43. The van der Waals surface area contributed by atoms with Gasteiger partial charge in [0.15, 0.2) is 0 Å². The van der Waals surface area contributed by atoms with E-state index in [1.165, 1.54) is 5.56 Å². The van der Waals surface area contributed by atoms with E-state index in [9.17, 15) is 9.59 Å². The number of carbonyl (C=O) groups is 2. The Balaban J connectivity index is 1.63. The molecular weight excluding hydrogens is 278 g/mol. The number of carbonyl (C=O) groups excluding carboxylic acids is 2. The van der Waals surface area contributed by atoms with Gasteiger partial charge in [0.1, 0.15) is 0 Å². The van der Waals surface area contributed by atoms with Crippen LogP contribution >= 0.6 is 0 Å². The second-order valence-electron chi connectivity index (χ2n) is 6.29. The summed E-state index contributed by atoms with van der Waals surface area (Å²) in [5, 5.41) is 0. The van der Waals surface area contributed by atoms with E-state index in [0.717, 1.165) is 25.9 Å². The molecule has 0 spiro atoms. The highest BCUT2D eigenvalue weighted by atomic mass is 16.2. The molecule has 0 bridgehead atoms. The predicted octanol–water partition coefficient (Wildman–Crippen LogP) is 0.985. The first-order valence-corrected chi connectivity index (χ1v) is 8.01. The summed E-state index contributed by atoms with van der Waals surface area (Å²) in [5.74, 6) is -0.298. The van der Waals surface area contributed by atoms with E-state index >= 15 is 0 Å². The topological polar surface area (TPSA) is 66.6 Å². The van der Waals surface area contributed by atoms with Crippen molar-refractivity contribution in [3.8, 4) is 0 Å². The smallest absolute Gasteiger partial charge is 0.239 e. The number of amides is 2. The molecule has 2 atom stereocenters. The maximum Gasteiger partial charge on any atom is 0.239 e. The van der Waals surface area contributed by atoms with Gasteiger partial charge in [0.2, 0.25) is 11.8 Å². The van der Waals surface area contributed by atoms with E-state index in [4.69, 9.17) is 5.73 Å². The molecule has 0 unspecified atom stereocenters. The summed E-state index contributed by atoms with van der Waals surface area (Å²) in [6.45, 7) is 2.91. The van der Waals surface area contributed by atoms with Gasteiger partial charge in [-0.1, -0.05) is 30.3 Å². The maximum atomic E-state index is 12.7. The summed E-state index contributed by atoms with van der Waals surface area (Å²) in [7, 11) is 0. The SMILES string of the molecule is NC(=O)[C@@H]1CCN(C(=O)[C@H]2CCCN2Cc2ccccc2)C1. The van der Waals surface area contributed by atoms with Gasteiger partial charge in [-0.15, -0.1) is 0 Å². The van der Waals surface area contributed by atoms with E-state index in [-0.39, 0.29) is 23.8 Å². The van der Waals surface area contributed by atoms with Crippen molar-refractivity contribution in [1.82, 2.24) is 9.80 Å². The number of nitrogens with two attached hydrogens (primary N) is 1. The quantitative estimate of drug-likeness (QED) is 0.901. The van der Waals surface area contributed by atoms with Gasteiger partial charge in [-0.25, -0.2) is 0 Å². The third kappa shape index (κ3) is 3.14. The lowest BCUT2D eigenvalue weighted by Gasteiger charge is -2.27. The zero-order chi connectivity index (χ0) is 15.5. The first-order valence-electron chi connectivity index (χ1n) is 8.01. The number of nitrogens with zero attached hydrogens (tertiary/aromatic N) is 2. The molecule has 2 amide bonds. The van der Waals surface area contributed by atoms with Crippen LogP contribution in [0.3, 0.4) is 0 Å². The van der Waals surface area contributed by atoms with E-state index in [1.807, 2.05) is 23.1 Å². The van der Waals surface area contributed by atoms with Crippen molar-refractivity contribution in [3.63, 3.8) is 0 Å². The van der Waals surface area contributed by atoms with Crippen LogP contribution in [0.2, 0.25) is 0 Å². The Morgan fingerprint density at radius 3 is 2.59 bits per heavy atom. The molecule has 1 aromatic carbocycles. The highest BCUT2D eigenvalue weighted by molar-refractivity contribution is 5.84. The highest BCUT2D eigenvalue weighted by Crippen LogP contribution is 2.25. The molecule has 2 heterocycles. The van der Waals surface area contributed by atoms with E-state index in [0.29, 0.717) is 19.5 Å². The van der Waals surface area contributed by atoms with Gasteiger partial charge < -0.3 is 10.6 Å². The number of rotatable bonds is 4. The third-order valence-electron chi connectivity index (χ3n) is 4.78. The van der Waals surface area contributed by atoms with Gasteiger partial charge >= 0.3 is 0 Å². The average molecular weight is 301 g/mol. The number of hydrogen-bond donors (Lipinski definition) is 1. The lowest BCUT2D eigenvalue weighted by atomic mass is 10.1. The molecule has 22 heavy (non-hydrogen) atoms. The molecule has 118 valence electrons. The van der Waals surface area contributed by atoms with Crippen molar-refractivity contribution >= 4 is 11.8 Å². The van der Waals surface area contributed by atoms with Crippen molar-refractivity contribution in [3.05, 3.63) is 35.9 Å². The number of likely N-dealkylation sites (tertiary alicyclic amines) is 2. The fourth-order valence-corrected chi connectivity index (χ4v) is 3.52. The molecule has 0 aliphatic carbocycles. The first kappa shape index (κ1) is 15.0. The maximum absolute atomic E-state index is 12.7. The third-order valence-corrected chi connectivity index (χ3v) is 4.78. The Morgan fingerprint density at radius 1 is 1.14 bits per heavy atom. The fraction of sp³-hybridized carbons (Fsp3) is 0.529. The fourth-order valence-electron chi connectivity index (χ4n) is 3.52. The van der Waals surface area contributed by atoms with Crippen molar-refractivity contribution in [2.24, 2.45) is 11.7 Å². The predicted molar refractivity (Wildman–Crippen MR) is 83.8 cm³/mol. The number of benzene rings is 1. The molecule has 5 heteroatoms. The Hall–Kier alpha value is -1.88. The monoisotopic (exact) mass is 301 g/mol. The minimum Gasteiger partial charge on any atom is -0.369 e. The van der Waals surface area contributed by atoms with Crippen LogP contribution in [-0.2, 0) is 16.1 Å². The molecule has 2 N–H and O–H groups in total. The molecule has 3 rings (SSSR count). The van der Waals surface area contributed by atoms with Crippen LogP contribution in [0.4, 0.5) is 0 Å². The van der Waals surface area contributed by atoms with Crippen LogP contribution < -0.4 is 5.73 Å². The van der Waals surface area contributed by atoms with Crippen LogP contribution in [0.1, 0.15) is 24.8 Å². The van der Waals surface area contributed by atoms with Crippen molar-refractivity contribution in [2.75, 3.05) is 19.6 Å². The summed E-state index contributed by atoms with van der Waals surface area (Å²) in [6, 6.07) is 10.2. The number of hydrogen-bond acceptors (Lipinski definition) is 3. The Bertz CT molecular complexity index is 546. The van der Waals surface area contributed by atoms with Crippen LogP contribution in [0.15, 0.2) is 30.3 Å². The van der Waals surface area contributed by atoms with Gasteiger partial charge in [0, 0.05) is 19.6 Å². The number of primary amides is 1. The summed E-state index contributed by atoms with van der Waals surface area (Å²) in [5.41, 5.74) is 6.59. The molecule has 2 saturated heterocycles. The second kappa shape index (κ2) is 6.48. The lowest BCUT2D eigenvalue weighted by Crippen LogP contribution is -2.44. The van der Waals surface area contributed by atoms with Gasteiger partial charge in [0.05, 0.1) is 12.0 Å². The van der Waals surface area contributed by atoms with Crippen LogP contribution in [0.25, 0.3) is 0 Å². The second-order valence-corrected chi connectivity index (χ2v) is 6.29. The van der Waals surface area contributed by atoms with Crippen molar-refractivity contribution < 1.29 is 9.59 Å². The van der Waals surface area contributed by atoms with Crippen molar-refractivity contribution in [1.29, 1.82) is 0 Å². The molecule has 2 aliphatic rings. The highest BCUT2D eigenvalue weighted by Gasteiger charge is 2.37. The lowest BCUT2D eigenvalue weighted by molar-refractivity contribution is -0.135.